The second kappa shape index (κ2) is 8.12. The van der Waals surface area contributed by atoms with Crippen LogP contribution in [0, 0.1) is 42.4 Å². The predicted molar refractivity (Wildman–Crippen MR) is 129 cm³/mol. The Morgan fingerprint density at radius 1 is 1.11 bits per heavy atom. The molecule has 1 unspecified atom stereocenters. The number of hydrogen-bond donors (Lipinski definition) is 2. The maximum Gasteiger partial charge on any atom is 0.267 e. The van der Waals surface area contributed by atoms with Crippen molar-refractivity contribution in [2.45, 2.75) is 33.1 Å². The highest BCUT2D eigenvalue weighted by Crippen LogP contribution is 2.53. The molecule has 10 heteroatoms. The number of aryl methyl sites for hydroxylation is 2. The number of fused-ring (bicyclic) bond motifs is 1. The smallest absolute Gasteiger partial charge is 0.267 e. The van der Waals surface area contributed by atoms with Crippen LogP contribution in [-0.4, -0.2) is 20.3 Å². The minimum absolute atomic E-state index is 0.00860. The average Bonchev–Trinajstić information content (AvgIpc) is 3.58. The molecule has 4 aromatic rings. The molecule has 1 atom stereocenters. The second-order valence-electron chi connectivity index (χ2n) is 8.67. The van der Waals surface area contributed by atoms with Crippen molar-refractivity contribution in [1.82, 2.24) is 20.3 Å². The van der Waals surface area contributed by atoms with Crippen LogP contribution in [0.3, 0.4) is 0 Å². The minimum atomic E-state index is -0.963. The van der Waals surface area contributed by atoms with Crippen molar-refractivity contribution < 1.29 is 9.26 Å². The first-order valence-electron chi connectivity index (χ1n) is 10.9. The SMILES string of the molecule is Cc1noc(-c2ccc(-c3cc(C#N)cc(C4(C(C)C)C(C#N)=C(N)Oc5n[nH]c(C)c54)c3)s2)n1. The molecule has 0 amide bonds. The maximum atomic E-state index is 10.2. The Balaban J connectivity index is 1.77. The van der Waals surface area contributed by atoms with Gasteiger partial charge in [-0.1, -0.05) is 19.0 Å². The topological polar surface area (TPSA) is 150 Å². The summed E-state index contributed by atoms with van der Waals surface area (Å²) in [6.45, 7) is 7.69. The number of ether oxygens (including phenoxy) is 1. The van der Waals surface area contributed by atoms with Crippen LogP contribution in [0.15, 0.2) is 46.3 Å². The fraction of sp³-hybridized carbons (Fsp3) is 0.240. The molecule has 3 N–H and O–H groups in total. The van der Waals surface area contributed by atoms with Gasteiger partial charge in [0.25, 0.3) is 5.89 Å². The lowest BCUT2D eigenvalue weighted by Gasteiger charge is -2.41. The third-order valence-electron chi connectivity index (χ3n) is 6.28. The van der Waals surface area contributed by atoms with Gasteiger partial charge < -0.3 is 15.0 Å². The van der Waals surface area contributed by atoms with E-state index in [4.69, 9.17) is 15.0 Å². The largest absolute Gasteiger partial charge is 0.420 e. The van der Waals surface area contributed by atoms with E-state index in [9.17, 15) is 10.5 Å². The fourth-order valence-corrected chi connectivity index (χ4v) is 5.74. The lowest BCUT2D eigenvalue weighted by atomic mass is 9.61. The Bertz CT molecular complexity index is 1580. The van der Waals surface area contributed by atoms with Crippen molar-refractivity contribution in [2.75, 3.05) is 0 Å². The van der Waals surface area contributed by atoms with Crippen molar-refractivity contribution in [1.29, 1.82) is 10.5 Å². The molecule has 9 nitrogen and oxygen atoms in total. The normalized spacial score (nSPS) is 17.1. The van der Waals surface area contributed by atoms with E-state index in [0.717, 1.165) is 32.1 Å². The van der Waals surface area contributed by atoms with Crippen molar-refractivity contribution in [3.8, 4) is 39.2 Å². The molecule has 0 spiro atoms. The first-order chi connectivity index (χ1) is 16.8. The number of H-pyrrole nitrogens is 1. The number of aromatic nitrogens is 4. The molecule has 0 bridgehead atoms. The van der Waals surface area contributed by atoms with E-state index >= 15 is 0 Å². The molecule has 0 saturated heterocycles. The highest BCUT2D eigenvalue weighted by atomic mass is 32.1. The van der Waals surface area contributed by atoms with Crippen LogP contribution in [0.2, 0.25) is 0 Å². The Labute approximate surface area is 205 Å². The maximum absolute atomic E-state index is 10.2. The first-order valence-corrected chi connectivity index (χ1v) is 11.7. The van der Waals surface area contributed by atoms with Gasteiger partial charge in [0.15, 0.2) is 5.82 Å². The molecule has 5 rings (SSSR count). The van der Waals surface area contributed by atoms with Crippen LogP contribution >= 0.6 is 11.3 Å². The van der Waals surface area contributed by atoms with E-state index in [1.54, 1.807) is 6.92 Å². The summed E-state index contributed by atoms with van der Waals surface area (Å²) in [6, 6.07) is 14.1. The molecular formula is C25H21N7O2S. The Morgan fingerprint density at radius 3 is 2.54 bits per heavy atom. The highest BCUT2D eigenvalue weighted by molar-refractivity contribution is 7.18. The van der Waals surface area contributed by atoms with Crippen molar-refractivity contribution in [2.24, 2.45) is 11.7 Å². The van der Waals surface area contributed by atoms with Crippen LogP contribution in [0.4, 0.5) is 0 Å². The summed E-state index contributed by atoms with van der Waals surface area (Å²) in [5.74, 6) is 1.23. The molecule has 0 radical (unpaired) electrons. The van der Waals surface area contributed by atoms with E-state index in [1.165, 1.54) is 11.3 Å². The number of nitrogens with one attached hydrogen (secondary N) is 1. The molecule has 1 aliphatic rings. The number of aromatic amines is 1. The van der Waals surface area contributed by atoms with E-state index in [0.29, 0.717) is 28.7 Å². The van der Waals surface area contributed by atoms with E-state index in [1.807, 2.05) is 51.1 Å². The van der Waals surface area contributed by atoms with Gasteiger partial charge in [-0.15, -0.1) is 16.4 Å². The van der Waals surface area contributed by atoms with Crippen LogP contribution in [-0.2, 0) is 5.41 Å². The lowest BCUT2D eigenvalue weighted by molar-refractivity contribution is 0.323. The van der Waals surface area contributed by atoms with Gasteiger partial charge in [-0.05, 0) is 61.2 Å². The van der Waals surface area contributed by atoms with Crippen LogP contribution in [0.5, 0.6) is 5.88 Å². The molecule has 1 aromatic carbocycles. The number of nitriles is 2. The van der Waals surface area contributed by atoms with Crippen LogP contribution in [0.25, 0.3) is 21.2 Å². The van der Waals surface area contributed by atoms with E-state index in [-0.39, 0.29) is 11.8 Å². The minimum Gasteiger partial charge on any atom is -0.420 e. The zero-order valence-corrected chi connectivity index (χ0v) is 20.3. The molecule has 3 aromatic heterocycles. The molecular weight excluding hydrogens is 462 g/mol. The Kier molecular flexibility index (Phi) is 5.19. The number of thiophene rings is 1. The zero-order valence-electron chi connectivity index (χ0n) is 19.5. The van der Waals surface area contributed by atoms with Crippen LogP contribution in [0.1, 0.15) is 42.1 Å². The fourth-order valence-electron chi connectivity index (χ4n) is 4.83. The molecule has 0 aliphatic carbocycles. The van der Waals surface area contributed by atoms with Gasteiger partial charge in [0.2, 0.25) is 11.8 Å². The van der Waals surface area contributed by atoms with E-state index < -0.39 is 5.41 Å². The van der Waals surface area contributed by atoms with Crippen molar-refractivity contribution in [3.05, 3.63) is 70.0 Å². The van der Waals surface area contributed by atoms with Crippen molar-refractivity contribution in [3.63, 3.8) is 0 Å². The summed E-state index contributed by atoms with van der Waals surface area (Å²) < 4.78 is 11.0. The Hall–Kier alpha value is -4.41. The molecule has 4 heterocycles. The molecule has 0 fully saturated rings. The molecule has 1 aliphatic heterocycles. The highest BCUT2D eigenvalue weighted by Gasteiger charge is 2.50. The zero-order chi connectivity index (χ0) is 24.9. The monoisotopic (exact) mass is 483 g/mol. The quantitative estimate of drug-likeness (QED) is 0.424. The van der Waals surface area contributed by atoms with E-state index in [2.05, 4.69) is 32.5 Å². The molecule has 0 saturated carbocycles. The van der Waals surface area contributed by atoms with Gasteiger partial charge in [0.05, 0.1) is 27.5 Å². The van der Waals surface area contributed by atoms with Crippen LogP contribution < -0.4 is 10.5 Å². The third-order valence-corrected chi connectivity index (χ3v) is 7.40. The standard InChI is InChI=1S/C25H21N7O2S/c1-12(2)25(18(11-27)22(28)33-24-21(25)13(3)30-31-24)17-8-15(10-26)7-16(9-17)19-5-6-20(35-19)23-29-14(4)32-34-23/h5-9,12H,28H2,1-4H3,(H,30,31). The molecule has 174 valence electrons. The summed E-state index contributed by atoms with van der Waals surface area (Å²) >= 11 is 1.48. The van der Waals surface area contributed by atoms with Gasteiger partial charge in [-0.25, -0.2) is 0 Å². The number of hydrogen-bond acceptors (Lipinski definition) is 9. The first kappa shape index (κ1) is 22.4. The summed E-state index contributed by atoms with van der Waals surface area (Å²) in [5.41, 5.74) is 9.14. The van der Waals surface area contributed by atoms with Gasteiger partial charge in [-0.3, -0.25) is 5.10 Å². The average molecular weight is 484 g/mol. The summed E-state index contributed by atoms with van der Waals surface area (Å²) in [6.07, 6.45) is 0. The lowest BCUT2D eigenvalue weighted by Crippen LogP contribution is -2.41. The van der Waals surface area contributed by atoms with Gasteiger partial charge in [0, 0.05) is 10.6 Å². The van der Waals surface area contributed by atoms with Crippen molar-refractivity contribution >= 4 is 11.3 Å². The third kappa shape index (κ3) is 3.30. The number of nitrogens with two attached hydrogens (primary N) is 1. The number of benzene rings is 1. The van der Waals surface area contributed by atoms with Gasteiger partial charge in [-0.2, -0.15) is 15.5 Å². The summed E-state index contributed by atoms with van der Waals surface area (Å²) in [7, 11) is 0. The number of nitrogens with zero attached hydrogens (tertiary/aromatic N) is 5. The predicted octanol–water partition coefficient (Wildman–Crippen LogP) is 4.71. The summed E-state index contributed by atoms with van der Waals surface area (Å²) in [4.78, 5) is 6.04. The number of allylic oxidation sites excluding steroid dienone is 1. The molecule has 35 heavy (non-hydrogen) atoms. The van der Waals surface area contributed by atoms with Gasteiger partial charge >= 0.3 is 0 Å². The van der Waals surface area contributed by atoms with Gasteiger partial charge in [0.1, 0.15) is 11.6 Å². The second-order valence-corrected chi connectivity index (χ2v) is 9.75. The number of rotatable bonds is 4. The summed E-state index contributed by atoms with van der Waals surface area (Å²) in [5, 5.41) is 31.2. The Morgan fingerprint density at radius 2 is 1.89 bits per heavy atom.